The highest BCUT2D eigenvalue weighted by molar-refractivity contribution is 5.78. The Morgan fingerprint density at radius 1 is 1.08 bits per heavy atom. The van der Waals surface area contributed by atoms with Crippen LogP contribution < -0.4 is 5.32 Å². The molecule has 2 N–H and O–H groups in total. The fourth-order valence-corrected chi connectivity index (χ4v) is 4.27. The molecule has 2 aliphatic carbocycles. The van der Waals surface area contributed by atoms with Crippen LogP contribution in [0.3, 0.4) is 0 Å². The first-order valence-electron chi connectivity index (χ1n) is 8.62. The van der Waals surface area contributed by atoms with Crippen LogP contribution in [0.15, 0.2) is 0 Å². The van der Waals surface area contributed by atoms with Gasteiger partial charge in [-0.1, -0.05) is 32.1 Å². The van der Waals surface area contributed by atoms with Crippen LogP contribution >= 0.6 is 0 Å². The fourth-order valence-electron chi connectivity index (χ4n) is 4.27. The minimum absolute atomic E-state index is 0.0359. The largest absolute Gasteiger partial charge is 0.481 e. The van der Waals surface area contributed by atoms with Gasteiger partial charge in [0.15, 0.2) is 0 Å². The van der Waals surface area contributed by atoms with Gasteiger partial charge in [-0.05, 0) is 18.3 Å². The van der Waals surface area contributed by atoms with E-state index in [2.05, 4.69) is 5.32 Å². The van der Waals surface area contributed by atoms with Crippen molar-refractivity contribution in [1.82, 2.24) is 10.2 Å². The van der Waals surface area contributed by atoms with Crippen molar-refractivity contribution in [2.75, 3.05) is 13.1 Å². The van der Waals surface area contributed by atoms with E-state index in [9.17, 15) is 22.8 Å². The number of urea groups is 1. The Bertz CT molecular complexity index is 505. The summed E-state index contributed by atoms with van der Waals surface area (Å²) in [5.74, 6) is -4.03. The van der Waals surface area contributed by atoms with Crippen LogP contribution in [0.25, 0.3) is 0 Å². The average Bonchev–Trinajstić information content (AvgIpc) is 3.11. The molecule has 1 saturated heterocycles. The second-order valence-electron chi connectivity index (χ2n) is 7.35. The van der Waals surface area contributed by atoms with Crippen molar-refractivity contribution >= 4 is 12.0 Å². The van der Waals surface area contributed by atoms with Crippen LogP contribution in [0.2, 0.25) is 0 Å². The van der Waals surface area contributed by atoms with E-state index in [1.807, 2.05) is 0 Å². The molecule has 5 nitrogen and oxygen atoms in total. The molecule has 0 aromatic carbocycles. The number of carbonyl (C=O) groups excluding carboxylic acids is 1. The Hall–Kier alpha value is -1.47. The molecule has 8 heteroatoms. The number of hydrogen-bond donors (Lipinski definition) is 2. The molecular formula is C16H23F3N2O3. The lowest BCUT2D eigenvalue weighted by Gasteiger charge is -2.22. The number of carbonyl (C=O) groups is 2. The van der Waals surface area contributed by atoms with E-state index in [0.29, 0.717) is 11.8 Å². The van der Waals surface area contributed by atoms with Gasteiger partial charge in [-0.25, -0.2) is 4.79 Å². The molecular weight excluding hydrogens is 325 g/mol. The molecule has 24 heavy (non-hydrogen) atoms. The van der Waals surface area contributed by atoms with Crippen LogP contribution in [-0.4, -0.2) is 47.3 Å². The van der Waals surface area contributed by atoms with Gasteiger partial charge in [0.05, 0.1) is 11.8 Å². The van der Waals surface area contributed by atoms with Gasteiger partial charge >= 0.3 is 18.2 Å². The maximum atomic E-state index is 13.0. The number of rotatable bonds is 3. The van der Waals surface area contributed by atoms with Crippen LogP contribution in [0.1, 0.15) is 38.5 Å². The number of hydrogen-bond acceptors (Lipinski definition) is 2. The summed E-state index contributed by atoms with van der Waals surface area (Å²) in [6, 6.07) is -0.523. The summed E-state index contributed by atoms with van der Waals surface area (Å²) in [5, 5.41) is 11.8. The number of aliphatic carboxylic acids is 1. The molecule has 3 rings (SSSR count). The molecule has 0 bridgehead atoms. The third kappa shape index (κ3) is 3.62. The summed E-state index contributed by atoms with van der Waals surface area (Å²) in [5.41, 5.74) is 0. The molecule has 1 aliphatic heterocycles. The summed E-state index contributed by atoms with van der Waals surface area (Å²) in [6.45, 7) is -0.959. The molecule has 0 aromatic rings. The summed E-state index contributed by atoms with van der Waals surface area (Å²) in [6.07, 6.45) is 2.28. The Balaban J connectivity index is 1.53. The number of nitrogens with zero attached hydrogens (tertiary/aromatic N) is 1. The lowest BCUT2D eigenvalue weighted by molar-refractivity contribution is -0.187. The molecule has 3 aliphatic rings. The second kappa shape index (κ2) is 6.44. The Kier molecular flexibility index (Phi) is 4.66. The van der Waals surface area contributed by atoms with Crippen molar-refractivity contribution in [3.8, 4) is 0 Å². The smallest absolute Gasteiger partial charge is 0.394 e. The average molecular weight is 348 g/mol. The first-order chi connectivity index (χ1) is 11.3. The third-order valence-electron chi connectivity index (χ3n) is 5.75. The zero-order valence-electron chi connectivity index (χ0n) is 13.4. The minimum Gasteiger partial charge on any atom is -0.481 e. The number of amides is 2. The molecule has 0 spiro atoms. The summed E-state index contributed by atoms with van der Waals surface area (Å²) in [7, 11) is 0. The zero-order chi connectivity index (χ0) is 17.5. The molecule has 1 heterocycles. The molecule has 0 radical (unpaired) electrons. The fraction of sp³-hybridized carbons (Fsp3) is 0.875. The van der Waals surface area contributed by atoms with Crippen LogP contribution in [0, 0.1) is 23.7 Å². The standard InChI is InChI=1S/C16H23F3N2O3/c17-16(18,19)12-8-21(7-11(12)14(22)23)15(24)20-13-6-10(13)9-4-2-1-3-5-9/h9-13H,1-8H2,(H,20,24)(H,22,23)/t10-,11+,12+,13+/m0/s1. The van der Waals surface area contributed by atoms with Crippen molar-refractivity contribution in [3.05, 3.63) is 0 Å². The summed E-state index contributed by atoms with van der Waals surface area (Å²) in [4.78, 5) is 24.3. The van der Waals surface area contributed by atoms with Gasteiger partial charge in [0.1, 0.15) is 0 Å². The predicted octanol–water partition coefficient (Wildman–Crippen LogP) is 2.86. The van der Waals surface area contributed by atoms with E-state index in [0.717, 1.165) is 24.2 Å². The first kappa shape index (κ1) is 17.4. The molecule has 0 aromatic heterocycles. The predicted molar refractivity (Wildman–Crippen MR) is 79.2 cm³/mol. The highest BCUT2D eigenvalue weighted by Crippen LogP contribution is 2.44. The molecule has 136 valence electrons. The monoisotopic (exact) mass is 348 g/mol. The quantitative estimate of drug-likeness (QED) is 0.824. The number of carboxylic acids is 1. The topological polar surface area (TPSA) is 69.6 Å². The lowest BCUT2D eigenvalue weighted by Crippen LogP contribution is -2.41. The van der Waals surface area contributed by atoms with E-state index in [-0.39, 0.29) is 12.6 Å². The number of alkyl halides is 3. The molecule has 2 amide bonds. The molecule has 0 unspecified atom stereocenters. The van der Waals surface area contributed by atoms with Crippen molar-refractivity contribution in [2.45, 2.75) is 50.7 Å². The summed E-state index contributed by atoms with van der Waals surface area (Å²) < 4.78 is 38.9. The highest BCUT2D eigenvalue weighted by atomic mass is 19.4. The van der Waals surface area contributed by atoms with Crippen molar-refractivity contribution in [3.63, 3.8) is 0 Å². The van der Waals surface area contributed by atoms with Gasteiger partial charge in [0.2, 0.25) is 0 Å². The highest BCUT2D eigenvalue weighted by Gasteiger charge is 2.54. The molecule has 4 atom stereocenters. The van der Waals surface area contributed by atoms with E-state index in [1.54, 1.807) is 0 Å². The van der Waals surface area contributed by atoms with Gasteiger partial charge in [-0.2, -0.15) is 13.2 Å². The third-order valence-corrected chi connectivity index (χ3v) is 5.75. The Morgan fingerprint density at radius 2 is 1.75 bits per heavy atom. The Labute approximate surface area is 138 Å². The number of likely N-dealkylation sites (tertiary alicyclic amines) is 1. The minimum atomic E-state index is -4.61. The maximum Gasteiger partial charge on any atom is 0.394 e. The Morgan fingerprint density at radius 3 is 2.29 bits per heavy atom. The van der Waals surface area contributed by atoms with Crippen LogP contribution in [0.5, 0.6) is 0 Å². The van der Waals surface area contributed by atoms with Gasteiger partial charge in [-0.15, -0.1) is 0 Å². The zero-order valence-corrected chi connectivity index (χ0v) is 13.4. The van der Waals surface area contributed by atoms with Crippen molar-refractivity contribution < 1.29 is 27.9 Å². The van der Waals surface area contributed by atoms with E-state index < -0.39 is 36.6 Å². The number of carboxylic acid groups (broad SMARTS) is 1. The number of nitrogens with one attached hydrogen (secondary N) is 1. The van der Waals surface area contributed by atoms with Gasteiger partial charge in [0, 0.05) is 19.1 Å². The molecule has 2 saturated carbocycles. The van der Waals surface area contributed by atoms with Crippen molar-refractivity contribution in [2.24, 2.45) is 23.7 Å². The first-order valence-corrected chi connectivity index (χ1v) is 8.62. The van der Waals surface area contributed by atoms with E-state index in [1.165, 1.54) is 19.3 Å². The normalized spacial score (nSPS) is 34.2. The van der Waals surface area contributed by atoms with Crippen molar-refractivity contribution in [1.29, 1.82) is 0 Å². The lowest BCUT2D eigenvalue weighted by atomic mass is 9.85. The van der Waals surface area contributed by atoms with Gasteiger partial charge < -0.3 is 15.3 Å². The van der Waals surface area contributed by atoms with Crippen LogP contribution in [0.4, 0.5) is 18.0 Å². The summed E-state index contributed by atoms with van der Waals surface area (Å²) >= 11 is 0. The second-order valence-corrected chi connectivity index (χ2v) is 7.35. The number of halogens is 3. The molecule has 3 fully saturated rings. The maximum absolute atomic E-state index is 13.0. The van der Waals surface area contributed by atoms with E-state index in [4.69, 9.17) is 5.11 Å². The van der Waals surface area contributed by atoms with Crippen LogP contribution in [-0.2, 0) is 4.79 Å². The van der Waals surface area contributed by atoms with E-state index >= 15 is 0 Å². The SMILES string of the molecule is O=C(O)[C@@H]1CN(C(=O)N[C@@H]2C[C@H]2C2CCCCC2)C[C@H]1C(F)(F)F. The van der Waals surface area contributed by atoms with Gasteiger partial charge in [0.25, 0.3) is 0 Å². The van der Waals surface area contributed by atoms with Gasteiger partial charge in [-0.3, -0.25) is 4.79 Å².